The van der Waals surface area contributed by atoms with Gasteiger partial charge in [0.1, 0.15) is 18.6 Å². The number of amides is 1. The minimum absolute atomic E-state index is 0.0427. The fourth-order valence-electron chi connectivity index (χ4n) is 8.51. The lowest BCUT2D eigenvalue weighted by atomic mass is 9.86. The second-order valence-corrected chi connectivity index (χ2v) is 13.1. The number of halogens is 2. The fraction of sp³-hybridized carbons (Fsp3) is 0.500. The van der Waals surface area contributed by atoms with E-state index in [0.29, 0.717) is 38.7 Å². The van der Waals surface area contributed by atoms with Gasteiger partial charge in [0.05, 0.1) is 23.1 Å². The van der Waals surface area contributed by atoms with Gasteiger partial charge in [0.25, 0.3) is 5.91 Å². The van der Waals surface area contributed by atoms with Crippen LogP contribution in [0.1, 0.15) is 49.7 Å². The molecule has 4 atom stereocenters. The molecule has 4 fully saturated rings. The number of alkyl halides is 1. The first-order valence-electron chi connectivity index (χ1n) is 15.8. The van der Waals surface area contributed by atoms with Crippen LogP contribution in [0.3, 0.4) is 0 Å². The molecule has 0 radical (unpaired) electrons. The number of ether oxygens (including phenoxy) is 1. The van der Waals surface area contributed by atoms with Crippen LogP contribution in [0.15, 0.2) is 48.8 Å². The largest absolute Gasteiger partial charge is 0.461 e. The molecule has 3 aromatic rings. The summed E-state index contributed by atoms with van der Waals surface area (Å²) in [5, 5.41) is 0.921. The summed E-state index contributed by atoms with van der Waals surface area (Å²) in [7, 11) is 0. The van der Waals surface area contributed by atoms with Crippen molar-refractivity contribution in [2.75, 3.05) is 37.7 Å². The molecule has 2 aromatic carbocycles. The Bertz CT molecular complexity index is 1630. The van der Waals surface area contributed by atoms with Gasteiger partial charge in [-0.3, -0.25) is 9.69 Å². The lowest BCUT2D eigenvalue weighted by Gasteiger charge is -2.47. The van der Waals surface area contributed by atoms with Crippen molar-refractivity contribution in [1.82, 2.24) is 19.8 Å². The van der Waals surface area contributed by atoms with E-state index in [1.165, 1.54) is 29.5 Å². The first-order chi connectivity index (χ1) is 20.9. The quantitative estimate of drug-likeness (QED) is 0.361. The number of hydrogen-bond acceptors (Lipinski definition) is 6. The van der Waals surface area contributed by atoms with Crippen LogP contribution in [-0.4, -0.2) is 82.3 Å². The number of aryl methyl sites for hydroxylation is 1. The molecule has 0 unspecified atom stereocenters. The maximum atomic E-state index is 14.4. The van der Waals surface area contributed by atoms with Crippen LogP contribution in [-0.2, 0) is 17.6 Å². The maximum Gasteiger partial charge on any atom is 0.319 e. The minimum Gasteiger partial charge on any atom is -0.461 e. The molecule has 0 spiro atoms. The molecule has 4 aliphatic heterocycles. The van der Waals surface area contributed by atoms with Crippen molar-refractivity contribution in [2.45, 2.75) is 75.2 Å². The molecule has 43 heavy (non-hydrogen) atoms. The molecule has 0 saturated carbocycles. The molecule has 9 heteroatoms. The average Bonchev–Trinajstić information content (AvgIpc) is 3.64. The van der Waals surface area contributed by atoms with Gasteiger partial charge in [-0.2, -0.15) is 9.97 Å². The van der Waals surface area contributed by atoms with Gasteiger partial charge >= 0.3 is 6.01 Å². The summed E-state index contributed by atoms with van der Waals surface area (Å²) in [4.78, 5) is 28.3. The van der Waals surface area contributed by atoms with Crippen LogP contribution in [0.5, 0.6) is 6.01 Å². The number of benzene rings is 2. The summed E-state index contributed by atoms with van der Waals surface area (Å²) in [5.41, 5.74) is 5.74. The molecule has 7 nitrogen and oxygen atoms in total. The zero-order valence-corrected chi connectivity index (χ0v) is 24.4. The Balaban J connectivity index is 1.16. The van der Waals surface area contributed by atoms with Crippen molar-refractivity contribution in [2.24, 2.45) is 0 Å². The molecule has 4 saturated heterocycles. The van der Waals surface area contributed by atoms with E-state index in [1.54, 1.807) is 4.90 Å². The molecule has 8 rings (SSSR count). The second kappa shape index (κ2) is 10.3. The lowest BCUT2D eigenvalue weighted by molar-refractivity contribution is -0.130. The SMILES string of the molecule is C=C(F)C(=O)N1CC[C@@H]2[C@H]1CN2c1nc(OC[C@@]23CCCN2C[C@H](F)C3)nc2cc(-c3cccc4c3CCCC4)ccc12. The van der Waals surface area contributed by atoms with Gasteiger partial charge in [-0.1, -0.05) is 30.8 Å². The van der Waals surface area contributed by atoms with Crippen LogP contribution in [0.25, 0.3) is 22.0 Å². The number of hydrogen-bond donors (Lipinski definition) is 0. The minimum atomic E-state index is -0.916. The van der Waals surface area contributed by atoms with Crippen LogP contribution < -0.4 is 9.64 Å². The van der Waals surface area contributed by atoms with Crippen LogP contribution >= 0.6 is 0 Å². The molecule has 0 bridgehead atoms. The Kier molecular flexibility index (Phi) is 6.44. The summed E-state index contributed by atoms with van der Waals surface area (Å²) < 4.78 is 34.5. The van der Waals surface area contributed by atoms with Gasteiger partial charge in [0.15, 0.2) is 5.83 Å². The second-order valence-electron chi connectivity index (χ2n) is 13.1. The predicted octanol–water partition coefficient (Wildman–Crippen LogP) is 5.40. The molecule has 5 aliphatic rings. The highest BCUT2D eigenvalue weighted by molar-refractivity contribution is 5.95. The Morgan fingerprint density at radius 3 is 2.84 bits per heavy atom. The normalized spacial score (nSPS) is 28.0. The Morgan fingerprint density at radius 1 is 1.07 bits per heavy atom. The molecule has 224 valence electrons. The van der Waals surface area contributed by atoms with Crippen LogP contribution in [0.4, 0.5) is 14.6 Å². The summed E-state index contributed by atoms with van der Waals surface area (Å²) in [6.45, 7) is 5.99. The molecule has 1 aromatic heterocycles. The first-order valence-corrected chi connectivity index (χ1v) is 15.8. The third kappa shape index (κ3) is 4.41. The van der Waals surface area contributed by atoms with E-state index in [-0.39, 0.29) is 17.6 Å². The maximum absolute atomic E-state index is 14.4. The van der Waals surface area contributed by atoms with Gasteiger partial charge in [-0.15, -0.1) is 0 Å². The number of carbonyl (C=O) groups excluding carboxylic acids is 1. The number of aromatic nitrogens is 2. The fourth-order valence-corrected chi connectivity index (χ4v) is 8.51. The Labute approximate surface area is 250 Å². The van der Waals surface area contributed by atoms with Crippen molar-refractivity contribution in [3.63, 3.8) is 0 Å². The number of nitrogens with zero attached hydrogens (tertiary/aromatic N) is 5. The van der Waals surface area contributed by atoms with Gasteiger partial charge in [-0.25, -0.2) is 8.78 Å². The highest BCUT2D eigenvalue weighted by Crippen LogP contribution is 2.43. The number of anilines is 1. The first kappa shape index (κ1) is 27.0. The number of rotatable bonds is 6. The van der Waals surface area contributed by atoms with Crippen molar-refractivity contribution >= 4 is 22.6 Å². The summed E-state index contributed by atoms with van der Waals surface area (Å²) in [6.07, 6.45) is 6.97. The van der Waals surface area contributed by atoms with Gasteiger partial charge in [-0.05, 0) is 85.9 Å². The summed E-state index contributed by atoms with van der Waals surface area (Å²) in [6, 6.07) is 13.3. The molecule has 0 N–H and O–H groups in total. The summed E-state index contributed by atoms with van der Waals surface area (Å²) >= 11 is 0. The van der Waals surface area contributed by atoms with E-state index in [9.17, 15) is 13.6 Å². The third-order valence-electron chi connectivity index (χ3n) is 10.7. The predicted molar refractivity (Wildman–Crippen MR) is 162 cm³/mol. The average molecular weight is 586 g/mol. The van der Waals surface area contributed by atoms with E-state index in [1.807, 2.05) is 0 Å². The monoisotopic (exact) mass is 585 g/mol. The van der Waals surface area contributed by atoms with Gasteiger partial charge in [0, 0.05) is 31.4 Å². The van der Waals surface area contributed by atoms with E-state index in [0.717, 1.165) is 60.9 Å². The van der Waals surface area contributed by atoms with Crippen molar-refractivity contribution in [1.29, 1.82) is 0 Å². The van der Waals surface area contributed by atoms with Crippen molar-refractivity contribution in [3.05, 3.63) is 59.9 Å². The van der Waals surface area contributed by atoms with E-state index in [2.05, 4.69) is 52.8 Å². The van der Waals surface area contributed by atoms with Crippen LogP contribution in [0.2, 0.25) is 0 Å². The topological polar surface area (TPSA) is 61.8 Å². The highest BCUT2D eigenvalue weighted by atomic mass is 19.1. The Hall–Kier alpha value is -3.59. The molecular formula is C34H37F2N5O2. The molecule has 1 aliphatic carbocycles. The lowest BCUT2D eigenvalue weighted by Crippen LogP contribution is -2.63. The molecular weight excluding hydrogens is 548 g/mol. The van der Waals surface area contributed by atoms with Gasteiger partial charge < -0.3 is 14.5 Å². The van der Waals surface area contributed by atoms with Crippen LogP contribution in [0, 0.1) is 0 Å². The van der Waals surface area contributed by atoms with E-state index < -0.39 is 17.9 Å². The highest BCUT2D eigenvalue weighted by Gasteiger charge is 2.51. The van der Waals surface area contributed by atoms with E-state index >= 15 is 0 Å². The third-order valence-corrected chi connectivity index (χ3v) is 10.7. The van der Waals surface area contributed by atoms with Crippen molar-refractivity contribution in [3.8, 4) is 17.1 Å². The van der Waals surface area contributed by atoms with E-state index in [4.69, 9.17) is 14.7 Å². The number of fused-ring (bicyclic) bond motifs is 4. The number of carbonyl (C=O) groups is 1. The van der Waals surface area contributed by atoms with Crippen molar-refractivity contribution < 1.29 is 18.3 Å². The van der Waals surface area contributed by atoms with Gasteiger partial charge in [0.2, 0.25) is 0 Å². The Morgan fingerprint density at radius 2 is 1.95 bits per heavy atom. The zero-order chi connectivity index (χ0) is 29.3. The molecule has 5 heterocycles. The smallest absolute Gasteiger partial charge is 0.319 e. The summed E-state index contributed by atoms with van der Waals surface area (Å²) in [5.74, 6) is -0.768. The molecule has 1 amide bonds. The zero-order valence-electron chi connectivity index (χ0n) is 24.4. The standard InChI is InChI=1S/C34H37F2N5O2/c1-21(35)32(42)40-15-12-29-30(40)19-41(29)31-27-11-10-23(26-9-4-7-22-6-2-3-8-25(22)26)16-28(27)37-33(38-31)43-20-34-13-5-14-39(34)18-24(36)17-34/h4,7,9-11,16,24,29-30H,1-3,5-6,8,12-15,17-20H2/t24-,29-,30-,34+/m1/s1. The number of likely N-dealkylation sites (tertiary alicyclic amines) is 1.